The third-order valence-corrected chi connectivity index (χ3v) is 20.4. The minimum Gasteiger partial charge on any atom is -0.0683 e. The molecule has 0 heterocycles. The molecule has 3 aliphatic rings. The van der Waals surface area contributed by atoms with Crippen molar-refractivity contribution in [3.8, 4) is 44.5 Å². The summed E-state index contributed by atoms with van der Waals surface area (Å²) in [4.78, 5) is 0. The van der Waals surface area contributed by atoms with Gasteiger partial charge < -0.3 is 0 Å². The zero-order chi connectivity index (χ0) is 71.2. The summed E-state index contributed by atoms with van der Waals surface area (Å²) < 4.78 is 0. The Labute approximate surface area is 608 Å². The van der Waals surface area contributed by atoms with Gasteiger partial charge in [0.25, 0.3) is 0 Å². The van der Waals surface area contributed by atoms with Crippen LogP contribution in [0.2, 0.25) is 0 Å². The Balaban J connectivity index is 0.000000126. The van der Waals surface area contributed by atoms with Gasteiger partial charge in [-0.1, -0.05) is 428 Å². The second-order valence-electron chi connectivity index (χ2n) is 26.0. The molecule has 0 fully saturated rings. The number of hydrogen-bond donors (Lipinski definition) is 0. The van der Waals surface area contributed by atoms with Crippen LogP contribution in [0.1, 0.15) is 136 Å². The summed E-state index contributed by atoms with van der Waals surface area (Å²) in [6, 6.07) is 135. The van der Waals surface area contributed by atoms with Crippen LogP contribution in [0, 0.1) is 34.6 Å². The standard InChI is InChI=1S/3C26H20.C18H16.3C2H6/c3*1-19-10-9-13-21(18-19)26(20-11-3-2-4-12-20)24-16-7-5-14-22(24)23-15-6-8-17-25(23)26;1-13-7-3-4-9-15(13)18-12-6-10-16-14(2)8-5-11-17(16)18;3*1-2/h3*2-18H,1H3;3-12H,1-2H3;3*1-2H3. The van der Waals surface area contributed by atoms with E-state index in [0.717, 1.165) is 0 Å². The molecule has 18 rings (SSSR count). The fourth-order valence-electron chi connectivity index (χ4n) is 16.3. The lowest BCUT2D eigenvalue weighted by Crippen LogP contribution is -2.28. The molecule has 0 radical (unpaired) electrons. The molecule has 0 nitrogen and oxygen atoms in total. The first-order valence-corrected chi connectivity index (χ1v) is 36.7. The summed E-state index contributed by atoms with van der Waals surface area (Å²) in [5, 5.41) is 2.69. The van der Waals surface area contributed by atoms with Crippen LogP contribution in [0.25, 0.3) is 55.3 Å². The van der Waals surface area contributed by atoms with E-state index >= 15 is 0 Å². The van der Waals surface area contributed by atoms with Crippen LogP contribution in [0.3, 0.4) is 0 Å². The van der Waals surface area contributed by atoms with Gasteiger partial charge in [-0.3, -0.25) is 0 Å². The SMILES string of the molecule is CC.CC.CC.Cc1cccc(C2(c3ccccc3)c3ccccc3-c3ccccc32)c1.Cc1cccc(C2(c3ccccc3)c3ccccc3-c3ccccc32)c1.Cc1cccc(C2(c3ccccc3)c3ccccc3-c3ccccc32)c1.Cc1ccccc1-c1cccc2c(C)cccc12. The predicted molar refractivity (Wildman–Crippen MR) is 438 cm³/mol. The smallest absolute Gasteiger partial charge is 0.0683 e. The summed E-state index contributed by atoms with van der Waals surface area (Å²) in [5.41, 5.74) is 32.7. The van der Waals surface area contributed by atoms with E-state index in [0.29, 0.717) is 0 Å². The highest BCUT2D eigenvalue weighted by molar-refractivity contribution is 5.99. The molecule has 0 unspecified atom stereocenters. The molecule has 0 atom stereocenters. The van der Waals surface area contributed by atoms with Gasteiger partial charge in [0.15, 0.2) is 0 Å². The normalized spacial score (nSPS) is 12.7. The first-order valence-electron chi connectivity index (χ1n) is 36.7. The lowest BCUT2D eigenvalue weighted by Gasteiger charge is -2.34. The molecule has 3 aliphatic carbocycles. The van der Waals surface area contributed by atoms with Crippen molar-refractivity contribution < 1.29 is 0 Å². The van der Waals surface area contributed by atoms with E-state index < -0.39 is 0 Å². The van der Waals surface area contributed by atoms with Crippen molar-refractivity contribution in [3.63, 3.8) is 0 Å². The Morgan fingerprint density at radius 2 is 0.373 bits per heavy atom. The fourth-order valence-corrected chi connectivity index (χ4v) is 16.3. The van der Waals surface area contributed by atoms with Crippen LogP contribution in [0.15, 0.2) is 370 Å². The van der Waals surface area contributed by atoms with E-state index in [-0.39, 0.29) is 16.2 Å². The van der Waals surface area contributed by atoms with Gasteiger partial charge in [0.05, 0.1) is 16.2 Å². The second-order valence-corrected chi connectivity index (χ2v) is 26.0. The highest BCUT2D eigenvalue weighted by Crippen LogP contribution is 2.59. The molecule has 502 valence electrons. The lowest BCUT2D eigenvalue weighted by atomic mass is 9.67. The zero-order valence-corrected chi connectivity index (χ0v) is 61.2. The van der Waals surface area contributed by atoms with E-state index in [9.17, 15) is 0 Å². The van der Waals surface area contributed by atoms with Gasteiger partial charge in [0.2, 0.25) is 0 Å². The van der Waals surface area contributed by atoms with E-state index in [1.807, 2.05) is 41.5 Å². The zero-order valence-electron chi connectivity index (χ0n) is 61.2. The molecule has 0 saturated carbocycles. The highest BCUT2D eigenvalue weighted by Gasteiger charge is 2.48. The van der Waals surface area contributed by atoms with E-state index in [1.54, 1.807) is 0 Å². The van der Waals surface area contributed by atoms with Crippen molar-refractivity contribution in [1.29, 1.82) is 0 Å². The molecule has 0 aromatic heterocycles. The van der Waals surface area contributed by atoms with Crippen molar-refractivity contribution in [1.82, 2.24) is 0 Å². The largest absolute Gasteiger partial charge is 0.0713 e. The van der Waals surface area contributed by atoms with Gasteiger partial charge >= 0.3 is 0 Å². The first-order chi connectivity index (χ1) is 50.2. The monoisotopic (exact) mass is 1320 g/mol. The Kier molecular flexibility index (Phi) is 22.0. The average Bonchev–Trinajstić information content (AvgIpc) is 1.55. The van der Waals surface area contributed by atoms with Crippen molar-refractivity contribution in [3.05, 3.63) is 465 Å². The molecule has 0 saturated heterocycles. The molecular weight excluding hydrogens is 1230 g/mol. The van der Waals surface area contributed by atoms with Gasteiger partial charge in [0.1, 0.15) is 0 Å². The van der Waals surface area contributed by atoms with Crippen LogP contribution in [-0.2, 0) is 16.2 Å². The van der Waals surface area contributed by atoms with Crippen molar-refractivity contribution in [2.24, 2.45) is 0 Å². The van der Waals surface area contributed by atoms with Gasteiger partial charge in [-0.2, -0.15) is 0 Å². The van der Waals surface area contributed by atoms with E-state index in [4.69, 9.17) is 0 Å². The maximum Gasteiger partial charge on any atom is 0.0713 e. The molecule has 0 N–H and O–H groups in total. The second kappa shape index (κ2) is 31.8. The number of rotatable bonds is 7. The number of fused-ring (bicyclic) bond motifs is 10. The number of aryl methyl sites for hydroxylation is 5. The summed E-state index contributed by atoms with van der Waals surface area (Å²) in [7, 11) is 0. The topological polar surface area (TPSA) is 0 Å². The quantitative estimate of drug-likeness (QED) is 0.149. The summed E-state index contributed by atoms with van der Waals surface area (Å²) in [6.07, 6.45) is 0. The molecule has 0 aliphatic heterocycles. The van der Waals surface area contributed by atoms with Crippen LogP contribution < -0.4 is 0 Å². The summed E-state index contributed by atoms with van der Waals surface area (Å²) in [6.45, 7) is 22.9. The van der Waals surface area contributed by atoms with Gasteiger partial charge in [-0.05, 0) is 168 Å². The van der Waals surface area contributed by atoms with E-state index in [1.165, 1.54) is 150 Å². The molecule has 102 heavy (non-hydrogen) atoms. The van der Waals surface area contributed by atoms with Gasteiger partial charge in [-0.25, -0.2) is 0 Å². The third-order valence-electron chi connectivity index (χ3n) is 20.4. The van der Waals surface area contributed by atoms with Gasteiger partial charge in [-0.15, -0.1) is 0 Å². The Morgan fingerprint density at radius 3 is 0.667 bits per heavy atom. The van der Waals surface area contributed by atoms with Crippen LogP contribution in [0.4, 0.5) is 0 Å². The predicted octanol–water partition coefficient (Wildman–Crippen LogP) is 27.3. The van der Waals surface area contributed by atoms with Gasteiger partial charge in [0, 0.05) is 0 Å². The fraction of sp³-hybridized carbons (Fsp3) is 0.137. The molecular formula is C102H94. The molecule has 15 aromatic carbocycles. The Bertz CT molecular complexity index is 4740. The van der Waals surface area contributed by atoms with Crippen LogP contribution in [0.5, 0.6) is 0 Å². The minimum atomic E-state index is -0.263. The number of benzene rings is 15. The van der Waals surface area contributed by atoms with Crippen molar-refractivity contribution >= 4 is 10.8 Å². The summed E-state index contributed by atoms with van der Waals surface area (Å²) >= 11 is 0. The van der Waals surface area contributed by atoms with Crippen molar-refractivity contribution in [2.75, 3.05) is 0 Å². The maximum atomic E-state index is 2.34. The number of hydrogen-bond acceptors (Lipinski definition) is 0. The molecule has 0 heteroatoms. The average molecular weight is 1320 g/mol. The first kappa shape index (κ1) is 70.4. The molecule has 0 amide bonds. The minimum absolute atomic E-state index is 0.263. The molecule has 0 bridgehead atoms. The summed E-state index contributed by atoms with van der Waals surface area (Å²) in [5.74, 6) is 0. The van der Waals surface area contributed by atoms with Crippen LogP contribution in [-0.4, -0.2) is 0 Å². The highest BCUT2D eigenvalue weighted by atomic mass is 14.5. The molecule has 15 aromatic rings. The van der Waals surface area contributed by atoms with Crippen LogP contribution >= 0.6 is 0 Å². The maximum absolute atomic E-state index is 2.34. The van der Waals surface area contributed by atoms with Crippen molar-refractivity contribution in [2.45, 2.75) is 92.4 Å². The Hall–Kier alpha value is -11.4. The Morgan fingerprint density at radius 1 is 0.157 bits per heavy atom. The van der Waals surface area contributed by atoms with E-state index in [2.05, 4.69) is 405 Å². The molecule has 0 spiro atoms. The lowest BCUT2D eigenvalue weighted by molar-refractivity contribution is 0.767. The third kappa shape index (κ3) is 12.7.